The minimum absolute atomic E-state index is 0.172. The Bertz CT molecular complexity index is 502. The Balaban J connectivity index is 2.22. The van der Waals surface area contributed by atoms with Crippen LogP contribution in [-0.2, 0) is 6.18 Å². The number of rotatable bonds is 5. The molecule has 0 spiro atoms. The molecule has 0 amide bonds. The average molecular weight is 382 g/mol. The van der Waals surface area contributed by atoms with Crippen molar-refractivity contribution in [2.24, 2.45) is 0 Å². The van der Waals surface area contributed by atoms with E-state index >= 15 is 0 Å². The van der Waals surface area contributed by atoms with Crippen LogP contribution in [0.15, 0.2) is 18.2 Å². The summed E-state index contributed by atoms with van der Waals surface area (Å²) in [7, 11) is 0. The first-order valence-corrected chi connectivity index (χ1v) is 8.26. The minimum Gasteiger partial charge on any atom is -0.492 e. The highest BCUT2D eigenvalue weighted by Crippen LogP contribution is 2.39. The second kappa shape index (κ2) is 7.08. The first-order chi connectivity index (χ1) is 10.3. The van der Waals surface area contributed by atoms with Crippen LogP contribution in [0.4, 0.5) is 13.2 Å². The van der Waals surface area contributed by atoms with Gasteiger partial charge in [0.2, 0.25) is 0 Å². The van der Waals surface area contributed by atoms with Gasteiger partial charge in [0.1, 0.15) is 22.7 Å². The molecule has 2 rings (SSSR count). The van der Waals surface area contributed by atoms with Crippen molar-refractivity contribution in [3.63, 3.8) is 0 Å². The third-order valence-electron chi connectivity index (χ3n) is 3.51. The van der Waals surface area contributed by atoms with E-state index in [4.69, 9.17) is 9.47 Å². The fraction of sp³-hybridized carbons (Fsp3) is 0.600. The number of alkyl halides is 4. The van der Waals surface area contributed by atoms with Crippen molar-refractivity contribution in [2.45, 2.75) is 31.5 Å². The zero-order chi connectivity index (χ0) is 16.2. The zero-order valence-corrected chi connectivity index (χ0v) is 13.9. The molecule has 1 N–H and O–H groups in total. The standard InChI is InChI=1S/C15H19BrF3NO2/c1-14(5-2-7-20-10-14)22-11-3-4-13(21-8-6-16)12(9-11)15(17,18)19/h3-4,9,20H,2,5-8,10H2,1H3. The number of nitrogens with one attached hydrogen (secondary N) is 1. The van der Waals surface area contributed by atoms with Crippen LogP contribution >= 0.6 is 15.9 Å². The fourth-order valence-corrected chi connectivity index (χ4v) is 2.63. The summed E-state index contributed by atoms with van der Waals surface area (Å²) in [6, 6.07) is 3.86. The van der Waals surface area contributed by atoms with Gasteiger partial charge in [-0.2, -0.15) is 13.2 Å². The third-order valence-corrected chi connectivity index (χ3v) is 3.84. The van der Waals surface area contributed by atoms with Gasteiger partial charge in [-0.3, -0.25) is 0 Å². The van der Waals surface area contributed by atoms with Gasteiger partial charge in [-0.1, -0.05) is 15.9 Å². The van der Waals surface area contributed by atoms with Gasteiger partial charge in [-0.25, -0.2) is 0 Å². The summed E-state index contributed by atoms with van der Waals surface area (Å²) in [6.45, 7) is 3.61. The maximum Gasteiger partial charge on any atom is 0.420 e. The number of piperidine rings is 1. The molecule has 0 aliphatic carbocycles. The summed E-state index contributed by atoms with van der Waals surface area (Å²) < 4.78 is 50.5. The molecule has 7 heteroatoms. The number of halogens is 4. The van der Waals surface area contributed by atoms with Gasteiger partial charge in [0.25, 0.3) is 0 Å². The topological polar surface area (TPSA) is 30.5 Å². The lowest BCUT2D eigenvalue weighted by Gasteiger charge is -2.35. The molecule has 1 heterocycles. The predicted octanol–water partition coefficient (Wildman–Crippen LogP) is 4.00. The molecule has 0 saturated carbocycles. The van der Waals surface area contributed by atoms with E-state index < -0.39 is 17.3 Å². The van der Waals surface area contributed by atoms with Gasteiger partial charge in [-0.05, 0) is 44.5 Å². The largest absolute Gasteiger partial charge is 0.492 e. The number of ether oxygens (including phenoxy) is 2. The normalized spacial score (nSPS) is 22.4. The Morgan fingerprint density at radius 3 is 2.73 bits per heavy atom. The zero-order valence-electron chi connectivity index (χ0n) is 12.3. The highest BCUT2D eigenvalue weighted by molar-refractivity contribution is 9.09. The van der Waals surface area contributed by atoms with Crippen LogP contribution in [-0.4, -0.2) is 30.6 Å². The van der Waals surface area contributed by atoms with Gasteiger partial charge in [0, 0.05) is 11.9 Å². The molecule has 124 valence electrons. The summed E-state index contributed by atoms with van der Waals surface area (Å²) >= 11 is 3.13. The lowest BCUT2D eigenvalue weighted by atomic mass is 9.96. The summed E-state index contributed by atoms with van der Waals surface area (Å²) in [6.07, 6.45) is -2.73. The number of hydrogen-bond donors (Lipinski definition) is 1. The van der Waals surface area contributed by atoms with Crippen molar-refractivity contribution < 1.29 is 22.6 Å². The second-order valence-electron chi connectivity index (χ2n) is 5.53. The van der Waals surface area contributed by atoms with E-state index in [1.165, 1.54) is 12.1 Å². The molecule has 1 unspecified atom stereocenters. The van der Waals surface area contributed by atoms with Gasteiger partial charge in [0.15, 0.2) is 0 Å². The van der Waals surface area contributed by atoms with Gasteiger partial charge in [0.05, 0.1) is 6.61 Å². The molecule has 1 aliphatic rings. The lowest BCUT2D eigenvalue weighted by molar-refractivity contribution is -0.139. The Labute approximate surface area is 136 Å². The Morgan fingerprint density at radius 2 is 2.14 bits per heavy atom. The van der Waals surface area contributed by atoms with Crippen LogP contribution in [0.1, 0.15) is 25.3 Å². The van der Waals surface area contributed by atoms with Crippen molar-refractivity contribution in [1.29, 1.82) is 0 Å². The van der Waals surface area contributed by atoms with E-state index in [0.29, 0.717) is 11.9 Å². The molecule has 1 fully saturated rings. The van der Waals surface area contributed by atoms with Crippen LogP contribution < -0.4 is 14.8 Å². The summed E-state index contributed by atoms with van der Waals surface area (Å²) in [4.78, 5) is 0. The van der Waals surface area contributed by atoms with E-state index in [0.717, 1.165) is 25.5 Å². The highest BCUT2D eigenvalue weighted by Gasteiger charge is 2.36. The predicted molar refractivity (Wildman–Crippen MR) is 81.9 cm³/mol. The van der Waals surface area contributed by atoms with Gasteiger partial charge < -0.3 is 14.8 Å². The molecule has 1 aromatic rings. The van der Waals surface area contributed by atoms with Gasteiger partial charge >= 0.3 is 6.18 Å². The molecule has 1 saturated heterocycles. The Kier molecular flexibility index (Phi) is 5.60. The smallest absolute Gasteiger partial charge is 0.420 e. The van der Waals surface area contributed by atoms with Crippen molar-refractivity contribution in [2.75, 3.05) is 25.0 Å². The Morgan fingerprint density at radius 1 is 1.36 bits per heavy atom. The molecule has 22 heavy (non-hydrogen) atoms. The molecule has 1 atom stereocenters. The highest BCUT2D eigenvalue weighted by atomic mass is 79.9. The molecule has 0 bridgehead atoms. The van der Waals surface area contributed by atoms with Gasteiger partial charge in [-0.15, -0.1) is 0 Å². The van der Waals surface area contributed by atoms with E-state index in [1.807, 2.05) is 6.92 Å². The van der Waals surface area contributed by atoms with E-state index in [9.17, 15) is 13.2 Å². The molecule has 0 radical (unpaired) electrons. The minimum atomic E-state index is -4.48. The van der Waals surface area contributed by atoms with E-state index in [1.54, 1.807) is 0 Å². The third kappa shape index (κ3) is 4.52. The Hall–Kier alpha value is -0.950. The average Bonchev–Trinajstić information content (AvgIpc) is 2.45. The fourth-order valence-electron chi connectivity index (χ4n) is 2.47. The SMILES string of the molecule is CC1(Oc2ccc(OCCBr)c(C(F)(F)F)c2)CCCNC1. The maximum absolute atomic E-state index is 13.2. The maximum atomic E-state index is 13.2. The van der Waals surface area contributed by atoms with Crippen molar-refractivity contribution in [1.82, 2.24) is 5.32 Å². The number of hydrogen-bond acceptors (Lipinski definition) is 3. The van der Waals surface area contributed by atoms with Crippen molar-refractivity contribution in [3.05, 3.63) is 23.8 Å². The van der Waals surface area contributed by atoms with Crippen LogP contribution in [0.5, 0.6) is 11.5 Å². The van der Waals surface area contributed by atoms with Crippen molar-refractivity contribution >= 4 is 15.9 Å². The molecule has 1 aromatic carbocycles. The summed E-state index contributed by atoms with van der Waals surface area (Å²) in [5, 5.41) is 3.67. The first kappa shape index (κ1) is 17.4. The van der Waals surface area contributed by atoms with Crippen LogP contribution in [0, 0.1) is 0 Å². The quantitative estimate of drug-likeness (QED) is 0.781. The first-order valence-electron chi connectivity index (χ1n) is 7.14. The van der Waals surface area contributed by atoms with Crippen molar-refractivity contribution in [3.8, 4) is 11.5 Å². The molecule has 1 aliphatic heterocycles. The van der Waals surface area contributed by atoms with Crippen LogP contribution in [0.25, 0.3) is 0 Å². The monoisotopic (exact) mass is 381 g/mol. The van der Waals surface area contributed by atoms with E-state index in [2.05, 4.69) is 21.2 Å². The molecular formula is C15H19BrF3NO2. The number of benzene rings is 1. The van der Waals surface area contributed by atoms with E-state index in [-0.39, 0.29) is 18.1 Å². The molecular weight excluding hydrogens is 363 g/mol. The van der Waals surface area contributed by atoms with Crippen LogP contribution in [0.3, 0.4) is 0 Å². The molecule has 0 aromatic heterocycles. The summed E-state index contributed by atoms with van der Waals surface area (Å²) in [5.41, 5.74) is -1.29. The summed E-state index contributed by atoms with van der Waals surface area (Å²) in [5.74, 6) is 0.0379. The second-order valence-corrected chi connectivity index (χ2v) is 6.32. The molecule has 3 nitrogen and oxygen atoms in total. The lowest BCUT2D eigenvalue weighted by Crippen LogP contribution is -2.47. The van der Waals surface area contributed by atoms with Crippen LogP contribution in [0.2, 0.25) is 0 Å².